The molecule has 3 N–H and O–H groups in total. The van der Waals surface area contributed by atoms with Gasteiger partial charge in [-0.2, -0.15) is 0 Å². The molecule has 1 aromatic rings. The first-order valence-electron chi connectivity index (χ1n) is 9.73. The molecule has 1 amide bonds. The number of nitrogens with zero attached hydrogens (tertiary/aromatic N) is 1. The predicted octanol–water partition coefficient (Wildman–Crippen LogP) is 2.97. The van der Waals surface area contributed by atoms with E-state index >= 15 is 0 Å². The number of carbonyl (C=O) groups is 1. The third kappa shape index (κ3) is 5.75. The molecule has 5 heteroatoms. The van der Waals surface area contributed by atoms with Gasteiger partial charge in [0.2, 0.25) is 0 Å². The highest BCUT2D eigenvalue weighted by Crippen LogP contribution is 2.45. The second-order valence-electron chi connectivity index (χ2n) is 7.83. The van der Waals surface area contributed by atoms with Crippen molar-refractivity contribution in [3.8, 4) is 0 Å². The first kappa shape index (κ1) is 20.3. The van der Waals surface area contributed by atoms with E-state index in [0.717, 1.165) is 37.0 Å². The van der Waals surface area contributed by atoms with Crippen LogP contribution in [-0.4, -0.2) is 39.1 Å². The number of rotatable bonds is 8. The number of hydrogen-bond acceptors (Lipinski definition) is 2. The van der Waals surface area contributed by atoms with Crippen LogP contribution in [0.2, 0.25) is 0 Å². The topological polar surface area (TPSA) is 65.5 Å². The largest absolute Gasteiger partial charge is 0.356 e. The molecule has 2 rings (SSSR count). The van der Waals surface area contributed by atoms with Crippen molar-refractivity contribution in [1.29, 1.82) is 0 Å². The number of guanidine groups is 1. The van der Waals surface area contributed by atoms with Gasteiger partial charge in [0.05, 0.1) is 0 Å². The van der Waals surface area contributed by atoms with Gasteiger partial charge in [-0.25, -0.2) is 0 Å². The van der Waals surface area contributed by atoms with Gasteiger partial charge in [-0.1, -0.05) is 32.4 Å². The average molecular weight is 359 g/mol. The maximum atomic E-state index is 11.7. The maximum absolute atomic E-state index is 11.7. The Bertz CT molecular complexity index is 620. The minimum atomic E-state index is -0.0479. The summed E-state index contributed by atoms with van der Waals surface area (Å²) in [5.41, 5.74) is 2.30. The van der Waals surface area contributed by atoms with Crippen molar-refractivity contribution in [2.45, 2.75) is 46.0 Å². The van der Waals surface area contributed by atoms with Gasteiger partial charge in [-0.05, 0) is 54.7 Å². The molecule has 0 aromatic heterocycles. The SMILES string of the molecule is CN=C(NCCc1cccc(C(=O)NC)c1)NCC1(CC(C)C)CCC1. The zero-order valence-corrected chi connectivity index (χ0v) is 16.7. The highest BCUT2D eigenvalue weighted by Gasteiger charge is 2.37. The second-order valence-corrected chi connectivity index (χ2v) is 7.83. The fourth-order valence-corrected chi connectivity index (χ4v) is 3.83. The molecular weight excluding hydrogens is 324 g/mol. The molecule has 0 saturated heterocycles. The highest BCUT2D eigenvalue weighted by molar-refractivity contribution is 5.94. The smallest absolute Gasteiger partial charge is 0.251 e. The molecule has 0 unspecified atom stereocenters. The summed E-state index contributed by atoms with van der Waals surface area (Å²) < 4.78 is 0. The van der Waals surface area contributed by atoms with Crippen molar-refractivity contribution < 1.29 is 4.79 Å². The molecule has 1 aromatic carbocycles. The normalized spacial score (nSPS) is 16.1. The fourth-order valence-electron chi connectivity index (χ4n) is 3.83. The monoisotopic (exact) mass is 358 g/mol. The van der Waals surface area contributed by atoms with Crippen LogP contribution in [0.1, 0.15) is 55.5 Å². The van der Waals surface area contributed by atoms with E-state index in [-0.39, 0.29) is 5.91 Å². The van der Waals surface area contributed by atoms with Gasteiger partial charge in [0, 0.05) is 32.7 Å². The Kier molecular flexibility index (Phi) is 7.49. The summed E-state index contributed by atoms with van der Waals surface area (Å²) in [7, 11) is 3.47. The molecule has 0 spiro atoms. The summed E-state index contributed by atoms with van der Waals surface area (Å²) in [6.45, 7) is 6.39. The third-order valence-electron chi connectivity index (χ3n) is 5.23. The van der Waals surface area contributed by atoms with Gasteiger partial charge in [-0.15, -0.1) is 0 Å². The molecule has 0 atom stereocenters. The van der Waals surface area contributed by atoms with Crippen LogP contribution in [0.25, 0.3) is 0 Å². The molecule has 1 aliphatic rings. The van der Waals surface area contributed by atoms with Crippen molar-refractivity contribution in [2.24, 2.45) is 16.3 Å². The Labute approximate surface area is 158 Å². The molecule has 5 nitrogen and oxygen atoms in total. The van der Waals surface area contributed by atoms with Gasteiger partial charge >= 0.3 is 0 Å². The Morgan fingerprint density at radius 2 is 2.04 bits per heavy atom. The van der Waals surface area contributed by atoms with Crippen LogP contribution in [-0.2, 0) is 6.42 Å². The third-order valence-corrected chi connectivity index (χ3v) is 5.23. The van der Waals surface area contributed by atoms with Crippen LogP contribution in [0.3, 0.4) is 0 Å². The Balaban J connectivity index is 1.79. The van der Waals surface area contributed by atoms with Crippen molar-refractivity contribution in [3.05, 3.63) is 35.4 Å². The van der Waals surface area contributed by atoms with Crippen LogP contribution in [0.15, 0.2) is 29.3 Å². The van der Waals surface area contributed by atoms with Gasteiger partial charge in [0.25, 0.3) is 5.91 Å². The molecule has 0 aliphatic heterocycles. The van der Waals surface area contributed by atoms with E-state index in [0.29, 0.717) is 11.0 Å². The molecule has 1 fully saturated rings. The number of benzene rings is 1. The van der Waals surface area contributed by atoms with Gasteiger partial charge in [0.15, 0.2) is 5.96 Å². The van der Waals surface area contributed by atoms with Crippen LogP contribution in [0, 0.1) is 11.3 Å². The van der Waals surface area contributed by atoms with E-state index in [1.54, 1.807) is 7.05 Å². The summed E-state index contributed by atoms with van der Waals surface area (Å²) in [5, 5.41) is 9.57. The van der Waals surface area contributed by atoms with Crippen LogP contribution >= 0.6 is 0 Å². The Hall–Kier alpha value is -2.04. The zero-order chi connectivity index (χ0) is 19.0. The first-order chi connectivity index (χ1) is 12.5. The Morgan fingerprint density at radius 3 is 2.62 bits per heavy atom. The lowest BCUT2D eigenvalue weighted by Crippen LogP contribution is -2.47. The molecule has 144 valence electrons. The maximum Gasteiger partial charge on any atom is 0.251 e. The first-order valence-corrected chi connectivity index (χ1v) is 9.73. The quantitative estimate of drug-likeness (QED) is 0.494. The van der Waals surface area contributed by atoms with Crippen molar-refractivity contribution in [2.75, 3.05) is 27.2 Å². The lowest BCUT2D eigenvalue weighted by Gasteiger charge is -2.43. The number of carbonyl (C=O) groups excluding carboxylic acids is 1. The average Bonchev–Trinajstić information content (AvgIpc) is 2.61. The fraction of sp³-hybridized carbons (Fsp3) is 0.619. The lowest BCUT2D eigenvalue weighted by atomic mass is 9.64. The zero-order valence-electron chi connectivity index (χ0n) is 16.7. The molecule has 26 heavy (non-hydrogen) atoms. The van der Waals surface area contributed by atoms with E-state index < -0.39 is 0 Å². The van der Waals surface area contributed by atoms with Crippen LogP contribution in [0.5, 0.6) is 0 Å². The van der Waals surface area contributed by atoms with Gasteiger partial charge < -0.3 is 16.0 Å². The van der Waals surface area contributed by atoms with Gasteiger partial charge in [-0.3, -0.25) is 9.79 Å². The molecule has 1 saturated carbocycles. The minimum Gasteiger partial charge on any atom is -0.356 e. The van der Waals surface area contributed by atoms with Gasteiger partial charge in [0.1, 0.15) is 0 Å². The van der Waals surface area contributed by atoms with E-state index in [9.17, 15) is 4.79 Å². The van der Waals surface area contributed by atoms with E-state index in [2.05, 4.69) is 40.9 Å². The van der Waals surface area contributed by atoms with E-state index in [1.165, 1.54) is 25.7 Å². The molecule has 0 bridgehead atoms. The van der Waals surface area contributed by atoms with Crippen LogP contribution < -0.4 is 16.0 Å². The summed E-state index contributed by atoms with van der Waals surface area (Å²) in [4.78, 5) is 16.1. The van der Waals surface area contributed by atoms with Crippen molar-refractivity contribution in [1.82, 2.24) is 16.0 Å². The standard InChI is InChI=1S/C21H34N4O/c1-16(2)14-21(10-6-11-21)15-25-20(23-4)24-12-9-17-7-5-8-18(13-17)19(26)22-3/h5,7-8,13,16H,6,9-12,14-15H2,1-4H3,(H,22,26)(H2,23,24,25). The number of aliphatic imine (C=N–C) groups is 1. The summed E-state index contributed by atoms with van der Waals surface area (Å²) in [6, 6.07) is 7.77. The summed E-state index contributed by atoms with van der Waals surface area (Å²) in [5.74, 6) is 1.55. The Morgan fingerprint density at radius 1 is 1.27 bits per heavy atom. The van der Waals surface area contributed by atoms with Crippen molar-refractivity contribution in [3.63, 3.8) is 0 Å². The highest BCUT2D eigenvalue weighted by atomic mass is 16.1. The summed E-state index contributed by atoms with van der Waals surface area (Å²) in [6.07, 6.45) is 6.12. The molecular formula is C21H34N4O. The second kappa shape index (κ2) is 9.60. The minimum absolute atomic E-state index is 0.0479. The lowest BCUT2D eigenvalue weighted by molar-refractivity contribution is 0.0963. The molecule has 0 heterocycles. The number of hydrogen-bond donors (Lipinski definition) is 3. The van der Waals surface area contributed by atoms with Crippen molar-refractivity contribution >= 4 is 11.9 Å². The van der Waals surface area contributed by atoms with E-state index in [1.807, 2.05) is 25.2 Å². The molecule has 0 radical (unpaired) electrons. The summed E-state index contributed by atoms with van der Waals surface area (Å²) >= 11 is 0. The number of amides is 1. The molecule has 1 aliphatic carbocycles. The predicted molar refractivity (Wildman–Crippen MR) is 109 cm³/mol. The van der Waals surface area contributed by atoms with Crippen LogP contribution in [0.4, 0.5) is 0 Å². The van der Waals surface area contributed by atoms with E-state index in [4.69, 9.17) is 0 Å². The number of nitrogens with one attached hydrogen (secondary N) is 3.